The molecular formula is C17H17ClN2O2. The summed E-state index contributed by atoms with van der Waals surface area (Å²) in [6, 6.07) is 12.6. The number of rotatable bonds is 4. The second-order valence-electron chi connectivity index (χ2n) is 5.45. The molecule has 0 radical (unpaired) electrons. The number of hydrogen-bond acceptors (Lipinski definition) is 3. The lowest BCUT2D eigenvalue weighted by Gasteiger charge is -2.31. The van der Waals surface area contributed by atoms with Gasteiger partial charge in [-0.3, -0.25) is 14.7 Å². The van der Waals surface area contributed by atoms with Crippen LogP contribution in [0.3, 0.4) is 0 Å². The number of halogens is 1. The topological polar surface area (TPSA) is 53.4 Å². The standard InChI is InChI=1S/C17H17ClN2O2/c18-13-6-3-5-12(11-13)16(14-7-1-2-9-19-14)20-10-4-8-15(20)17(21)22/h1-3,5-7,9,11,15-16H,4,8,10H2,(H,21,22). The van der Waals surface area contributed by atoms with Crippen LogP contribution in [0, 0.1) is 0 Å². The van der Waals surface area contributed by atoms with Gasteiger partial charge in [0.05, 0.1) is 11.7 Å². The smallest absolute Gasteiger partial charge is 0.320 e. The van der Waals surface area contributed by atoms with Gasteiger partial charge in [0.25, 0.3) is 0 Å². The number of likely N-dealkylation sites (tertiary alicyclic amines) is 1. The van der Waals surface area contributed by atoms with Crippen LogP contribution in [0.15, 0.2) is 48.7 Å². The third kappa shape index (κ3) is 2.98. The first-order valence-electron chi connectivity index (χ1n) is 7.32. The van der Waals surface area contributed by atoms with E-state index in [1.807, 2.05) is 47.4 Å². The molecule has 22 heavy (non-hydrogen) atoms. The molecule has 0 aliphatic carbocycles. The Hall–Kier alpha value is -1.91. The predicted octanol–water partition coefficient (Wildman–Crippen LogP) is 3.37. The lowest BCUT2D eigenvalue weighted by atomic mass is 10.0. The summed E-state index contributed by atoms with van der Waals surface area (Å²) in [5.74, 6) is -0.777. The quantitative estimate of drug-likeness (QED) is 0.939. The first-order valence-corrected chi connectivity index (χ1v) is 7.69. The Balaban J connectivity index is 2.05. The van der Waals surface area contributed by atoms with Crippen molar-refractivity contribution in [3.8, 4) is 0 Å². The molecule has 1 fully saturated rings. The summed E-state index contributed by atoms with van der Waals surface area (Å²) in [5.41, 5.74) is 1.82. The molecule has 2 heterocycles. The van der Waals surface area contributed by atoms with E-state index in [1.54, 1.807) is 6.20 Å². The van der Waals surface area contributed by atoms with Gasteiger partial charge < -0.3 is 5.11 Å². The molecular weight excluding hydrogens is 300 g/mol. The van der Waals surface area contributed by atoms with E-state index in [2.05, 4.69) is 4.98 Å². The summed E-state index contributed by atoms with van der Waals surface area (Å²) in [5, 5.41) is 10.1. The van der Waals surface area contributed by atoms with E-state index in [0.29, 0.717) is 11.4 Å². The Morgan fingerprint density at radius 1 is 1.32 bits per heavy atom. The Labute approximate surface area is 134 Å². The van der Waals surface area contributed by atoms with Crippen LogP contribution < -0.4 is 0 Å². The molecule has 1 saturated heterocycles. The lowest BCUT2D eigenvalue weighted by molar-refractivity contribution is -0.142. The highest BCUT2D eigenvalue weighted by Crippen LogP contribution is 2.34. The second-order valence-corrected chi connectivity index (χ2v) is 5.88. The summed E-state index contributed by atoms with van der Waals surface area (Å²) in [6.45, 7) is 0.741. The molecule has 1 aliphatic rings. The fourth-order valence-electron chi connectivity index (χ4n) is 3.11. The van der Waals surface area contributed by atoms with Crippen molar-refractivity contribution < 1.29 is 9.90 Å². The van der Waals surface area contributed by atoms with Gasteiger partial charge in [0.15, 0.2) is 0 Å². The molecule has 0 saturated carbocycles. The van der Waals surface area contributed by atoms with Crippen LogP contribution in [0.1, 0.15) is 30.1 Å². The zero-order valence-electron chi connectivity index (χ0n) is 12.0. The molecule has 1 aromatic carbocycles. The molecule has 3 rings (SSSR count). The van der Waals surface area contributed by atoms with Crippen molar-refractivity contribution in [3.63, 3.8) is 0 Å². The van der Waals surface area contributed by atoms with Crippen molar-refractivity contribution in [3.05, 3.63) is 64.9 Å². The van der Waals surface area contributed by atoms with Crippen LogP contribution in [0.4, 0.5) is 0 Å². The van der Waals surface area contributed by atoms with Gasteiger partial charge in [0.2, 0.25) is 0 Å². The normalized spacial score (nSPS) is 20.0. The maximum Gasteiger partial charge on any atom is 0.320 e. The molecule has 0 spiro atoms. The summed E-state index contributed by atoms with van der Waals surface area (Å²) in [4.78, 5) is 18.0. The van der Waals surface area contributed by atoms with Crippen molar-refractivity contribution in [1.29, 1.82) is 0 Å². The highest BCUT2D eigenvalue weighted by atomic mass is 35.5. The number of hydrogen-bond donors (Lipinski definition) is 1. The van der Waals surface area contributed by atoms with E-state index in [4.69, 9.17) is 11.6 Å². The van der Waals surface area contributed by atoms with E-state index >= 15 is 0 Å². The molecule has 4 nitrogen and oxygen atoms in total. The van der Waals surface area contributed by atoms with Crippen LogP contribution in [-0.4, -0.2) is 33.5 Å². The molecule has 2 aromatic rings. The van der Waals surface area contributed by atoms with E-state index < -0.39 is 12.0 Å². The number of aliphatic carboxylic acids is 1. The number of aromatic nitrogens is 1. The van der Waals surface area contributed by atoms with Crippen molar-refractivity contribution in [2.75, 3.05) is 6.54 Å². The maximum atomic E-state index is 11.6. The predicted molar refractivity (Wildman–Crippen MR) is 84.9 cm³/mol. The van der Waals surface area contributed by atoms with Crippen molar-refractivity contribution in [1.82, 2.24) is 9.88 Å². The minimum absolute atomic E-state index is 0.191. The minimum Gasteiger partial charge on any atom is -0.480 e. The Kier molecular flexibility index (Phi) is 4.41. The fourth-order valence-corrected chi connectivity index (χ4v) is 3.31. The average Bonchev–Trinajstić information content (AvgIpc) is 2.98. The van der Waals surface area contributed by atoms with Gasteiger partial charge in [0, 0.05) is 17.8 Å². The zero-order valence-corrected chi connectivity index (χ0v) is 12.8. The van der Waals surface area contributed by atoms with Gasteiger partial charge in [-0.15, -0.1) is 0 Å². The number of carboxylic acids is 1. The average molecular weight is 317 g/mol. The van der Waals surface area contributed by atoms with E-state index in [-0.39, 0.29) is 6.04 Å². The molecule has 0 amide bonds. The molecule has 2 atom stereocenters. The van der Waals surface area contributed by atoms with Crippen LogP contribution in [0.5, 0.6) is 0 Å². The number of pyridine rings is 1. The van der Waals surface area contributed by atoms with E-state index in [1.165, 1.54) is 0 Å². The molecule has 1 aromatic heterocycles. The molecule has 0 bridgehead atoms. The SMILES string of the molecule is O=C(O)C1CCCN1C(c1cccc(Cl)c1)c1ccccn1. The summed E-state index contributed by atoms with van der Waals surface area (Å²) in [6.07, 6.45) is 3.28. The van der Waals surface area contributed by atoms with Gasteiger partial charge in [-0.05, 0) is 42.7 Å². The Morgan fingerprint density at radius 2 is 2.18 bits per heavy atom. The van der Waals surface area contributed by atoms with Crippen molar-refractivity contribution >= 4 is 17.6 Å². The fraction of sp³-hybridized carbons (Fsp3) is 0.294. The Morgan fingerprint density at radius 3 is 2.86 bits per heavy atom. The first-order chi connectivity index (χ1) is 10.7. The van der Waals surface area contributed by atoms with E-state index in [9.17, 15) is 9.90 Å². The van der Waals surface area contributed by atoms with Gasteiger partial charge in [-0.1, -0.05) is 29.8 Å². The number of carboxylic acid groups (broad SMARTS) is 1. The van der Waals surface area contributed by atoms with Crippen LogP contribution in [0.2, 0.25) is 5.02 Å². The minimum atomic E-state index is -0.777. The monoisotopic (exact) mass is 316 g/mol. The Bertz CT molecular complexity index is 663. The van der Waals surface area contributed by atoms with Crippen LogP contribution in [-0.2, 0) is 4.79 Å². The lowest BCUT2D eigenvalue weighted by Crippen LogP contribution is -2.39. The van der Waals surface area contributed by atoms with Gasteiger partial charge >= 0.3 is 5.97 Å². The molecule has 5 heteroatoms. The van der Waals surface area contributed by atoms with Crippen molar-refractivity contribution in [2.24, 2.45) is 0 Å². The van der Waals surface area contributed by atoms with Gasteiger partial charge in [0.1, 0.15) is 6.04 Å². The summed E-state index contributed by atoms with van der Waals surface area (Å²) >= 11 is 6.13. The zero-order chi connectivity index (χ0) is 15.5. The third-order valence-electron chi connectivity index (χ3n) is 4.04. The van der Waals surface area contributed by atoms with Crippen molar-refractivity contribution in [2.45, 2.75) is 24.9 Å². The maximum absolute atomic E-state index is 11.6. The number of carbonyl (C=O) groups is 1. The number of benzene rings is 1. The molecule has 1 aliphatic heterocycles. The molecule has 114 valence electrons. The molecule has 2 unspecified atom stereocenters. The van der Waals surface area contributed by atoms with Gasteiger partial charge in [-0.25, -0.2) is 0 Å². The second kappa shape index (κ2) is 6.46. The first kappa shape index (κ1) is 15.0. The highest BCUT2D eigenvalue weighted by molar-refractivity contribution is 6.30. The van der Waals surface area contributed by atoms with Crippen LogP contribution in [0.25, 0.3) is 0 Å². The van der Waals surface area contributed by atoms with Gasteiger partial charge in [-0.2, -0.15) is 0 Å². The molecule has 1 N–H and O–H groups in total. The van der Waals surface area contributed by atoms with E-state index in [0.717, 1.165) is 24.2 Å². The summed E-state index contributed by atoms with van der Waals surface area (Å²) in [7, 11) is 0. The van der Waals surface area contributed by atoms with Crippen LogP contribution >= 0.6 is 11.6 Å². The largest absolute Gasteiger partial charge is 0.480 e. The number of nitrogens with zero attached hydrogens (tertiary/aromatic N) is 2. The summed E-state index contributed by atoms with van der Waals surface area (Å²) < 4.78 is 0. The highest BCUT2D eigenvalue weighted by Gasteiger charge is 2.37. The third-order valence-corrected chi connectivity index (χ3v) is 4.28.